The molecule has 0 fully saturated rings. The quantitative estimate of drug-likeness (QED) is 0.722. The standard InChI is InChI=1S/C19H19Cl2N3O3/c1-10(25)23-24-16-7-13(20)6-15(21)18(16)14(8-17(24)19(26)27)12-4-2-11(9-22)3-5-12/h2-7,14,17H,8-9,22H2,1H3,(H,23,25)(H,26,27)/t14-,17-/m1/s1. The largest absolute Gasteiger partial charge is 0.480 e. The first-order valence-corrected chi connectivity index (χ1v) is 9.14. The molecule has 0 aliphatic carbocycles. The van der Waals surface area contributed by atoms with E-state index >= 15 is 0 Å². The van der Waals surface area contributed by atoms with Gasteiger partial charge in [0.25, 0.3) is 0 Å². The van der Waals surface area contributed by atoms with Gasteiger partial charge >= 0.3 is 5.97 Å². The van der Waals surface area contributed by atoms with Gasteiger partial charge in [-0.05, 0) is 29.7 Å². The predicted molar refractivity (Wildman–Crippen MR) is 105 cm³/mol. The van der Waals surface area contributed by atoms with Crippen molar-refractivity contribution >= 4 is 40.8 Å². The summed E-state index contributed by atoms with van der Waals surface area (Å²) in [6.45, 7) is 1.74. The van der Waals surface area contributed by atoms with Crippen LogP contribution in [0.5, 0.6) is 0 Å². The van der Waals surface area contributed by atoms with Crippen molar-refractivity contribution in [3.05, 3.63) is 63.1 Å². The average molecular weight is 408 g/mol. The van der Waals surface area contributed by atoms with Crippen LogP contribution in [0.2, 0.25) is 10.0 Å². The number of carbonyl (C=O) groups excluding carboxylic acids is 1. The number of hydrazine groups is 1. The number of hydrogen-bond donors (Lipinski definition) is 3. The van der Waals surface area contributed by atoms with Gasteiger partial charge < -0.3 is 10.8 Å². The molecule has 4 N–H and O–H groups in total. The Bertz CT molecular complexity index is 887. The lowest BCUT2D eigenvalue weighted by molar-refractivity contribution is -0.139. The fraction of sp³-hybridized carbons (Fsp3) is 0.263. The van der Waals surface area contributed by atoms with Crippen molar-refractivity contribution in [1.82, 2.24) is 5.43 Å². The zero-order chi connectivity index (χ0) is 19.7. The number of rotatable bonds is 4. The summed E-state index contributed by atoms with van der Waals surface area (Å²) in [6.07, 6.45) is 0.242. The highest BCUT2D eigenvalue weighted by atomic mass is 35.5. The third-order valence-corrected chi connectivity index (χ3v) is 5.16. The van der Waals surface area contributed by atoms with Gasteiger partial charge in [-0.3, -0.25) is 15.2 Å². The van der Waals surface area contributed by atoms with E-state index in [9.17, 15) is 14.7 Å². The van der Waals surface area contributed by atoms with Crippen molar-refractivity contribution < 1.29 is 14.7 Å². The number of anilines is 1. The number of benzene rings is 2. The highest BCUT2D eigenvalue weighted by Gasteiger charge is 2.39. The summed E-state index contributed by atoms with van der Waals surface area (Å²) < 4.78 is 0. The first-order valence-electron chi connectivity index (χ1n) is 8.39. The fourth-order valence-electron chi connectivity index (χ4n) is 3.44. The maximum Gasteiger partial charge on any atom is 0.328 e. The molecule has 8 heteroatoms. The Balaban J connectivity index is 2.17. The Morgan fingerprint density at radius 2 is 1.93 bits per heavy atom. The highest BCUT2D eigenvalue weighted by Crippen LogP contribution is 2.46. The summed E-state index contributed by atoms with van der Waals surface area (Å²) in [6, 6.07) is 9.95. The van der Waals surface area contributed by atoms with Crippen molar-refractivity contribution in [2.75, 3.05) is 5.01 Å². The molecule has 1 amide bonds. The van der Waals surface area contributed by atoms with Crippen LogP contribution in [0.25, 0.3) is 0 Å². The predicted octanol–water partition coefficient (Wildman–Crippen LogP) is 3.30. The SMILES string of the molecule is CC(=O)NN1c2cc(Cl)cc(Cl)c2[C@@H](c2ccc(CN)cc2)C[C@@H]1C(=O)O. The Morgan fingerprint density at radius 3 is 2.48 bits per heavy atom. The summed E-state index contributed by atoms with van der Waals surface area (Å²) in [5.41, 5.74) is 11.4. The Labute approximate surface area is 166 Å². The van der Waals surface area contributed by atoms with E-state index in [-0.39, 0.29) is 18.2 Å². The van der Waals surface area contributed by atoms with Crippen LogP contribution in [-0.4, -0.2) is 23.0 Å². The minimum Gasteiger partial charge on any atom is -0.480 e. The van der Waals surface area contributed by atoms with Crippen molar-refractivity contribution in [2.24, 2.45) is 5.73 Å². The van der Waals surface area contributed by atoms with Gasteiger partial charge in [-0.25, -0.2) is 4.79 Å². The van der Waals surface area contributed by atoms with E-state index in [2.05, 4.69) is 5.43 Å². The molecular formula is C19H19Cl2N3O3. The molecule has 0 radical (unpaired) electrons. The van der Waals surface area contributed by atoms with Gasteiger partial charge in [0, 0.05) is 35.0 Å². The third kappa shape index (κ3) is 3.88. The van der Waals surface area contributed by atoms with Crippen LogP contribution in [-0.2, 0) is 16.1 Å². The highest BCUT2D eigenvalue weighted by molar-refractivity contribution is 6.35. The fourth-order valence-corrected chi connectivity index (χ4v) is 4.05. The molecule has 27 heavy (non-hydrogen) atoms. The van der Waals surface area contributed by atoms with Gasteiger partial charge in [-0.2, -0.15) is 0 Å². The lowest BCUT2D eigenvalue weighted by Crippen LogP contribution is -2.54. The van der Waals surface area contributed by atoms with Crippen molar-refractivity contribution in [2.45, 2.75) is 31.8 Å². The van der Waals surface area contributed by atoms with Gasteiger partial charge in [0.2, 0.25) is 5.91 Å². The van der Waals surface area contributed by atoms with Gasteiger partial charge in [0.05, 0.1) is 5.69 Å². The molecule has 142 valence electrons. The number of nitrogens with two attached hydrogens (primary N) is 1. The topological polar surface area (TPSA) is 95.7 Å². The van der Waals surface area contributed by atoms with Gasteiger partial charge in [0.15, 0.2) is 0 Å². The van der Waals surface area contributed by atoms with Gasteiger partial charge in [-0.15, -0.1) is 0 Å². The normalized spacial score (nSPS) is 18.7. The van der Waals surface area contributed by atoms with Crippen LogP contribution in [0, 0.1) is 0 Å². The van der Waals surface area contributed by atoms with E-state index in [1.165, 1.54) is 11.9 Å². The van der Waals surface area contributed by atoms with E-state index in [0.29, 0.717) is 22.3 Å². The minimum atomic E-state index is -1.05. The smallest absolute Gasteiger partial charge is 0.328 e. The molecule has 0 spiro atoms. The Kier molecular flexibility index (Phi) is 5.60. The molecule has 3 rings (SSSR count). The van der Waals surface area contributed by atoms with E-state index in [1.54, 1.807) is 12.1 Å². The zero-order valence-electron chi connectivity index (χ0n) is 14.6. The average Bonchev–Trinajstić information content (AvgIpc) is 2.61. The second-order valence-electron chi connectivity index (χ2n) is 6.45. The van der Waals surface area contributed by atoms with Crippen molar-refractivity contribution in [3.8, 4) is 0 Å². The van der Waals surface area contributed by atoms with Crippen LogP contribution in [0.3, 0.4) is 0 Å². The van der Waals surface area contributed by atoms with Gasteiger partial charge in [0.1, 0.15) is 6.04 Å². The molecular weight excluding hydrogens is 389 g/mol. The van der Waals surface area contributed by atoms with E-state index in [1.807, 2.05) is 24.3 Å². The number of carboxylic acid groups (broad SMARTS) is 1. The van der Waals surface area contributed by atoms with Crippen LogP contribution < -0.4 is 16.2 Å². The first-order chi connectivity index (χ1) is 12.8. The number of halogens is 2. The van der Waals surface area contributed by atoms with Crippen LogP contribution in [0.1, 0.15) is 36.0 Å². The van der Waals surface area contributed by atoms with Crippen LogP contribution in [0.15, 0.2) is 36.4 Å². The summed E-state index contributed by atoms with van der Waals surface area (Å²) in [7, 11) is 0. The number of amides is 1. The molecule has 0 saturated carbocycles. The Morgan fingerprint density at radius 1 is 1.26 bits per heavy atom. The van der Waals surface area contributed by atoms with Crippen molar-refractivity contribution in [3.63, 3.8) is 0 Å². The van der Waals surface area contributed by atoms with E-state index in [0.717, 1.165) is 16.7 Å². The number of aliphatic carboxylic acids is 1. The maximum atomic E-state index is 11.9. The third-order valence-electron chi connectivity index (χ3n) is 4.63. The molecule has 1 aliphatic heterocycles. The molecule has 1 aliphatic rings. The summed E-state index contributed by atoms with van der Waals surface area (Å²) in [5.74, 6) is -1.69. The second-order valence-corrected chi connectivity index (χ2v) is 7.29. The van der Waals surface area contributed by atoms with E-state index < -0.39 is 12.0 Å². The van der Waals surface area contributed by atoms with Crippen molar-refractivity contribution in [1.29, 1.82) is 0 Å². The van der Waals surface area contributed by atoms with Crippen LogP contribution >= 0.6 is 23.2 Å². The number of carboxylic acids is 1. The molecule has 1 heterocycles. The molecule has 2 atom stereocenters. The van der Waals surface area contributed by atoms with Crippen LogP contribution in [0.4, 0.5) is 5.69 Å². The Hall–Kier alpha value is -2.28. The molecule has 0 saturated heterocycles. The number of hydrogen-bond acceptors (Lipinski definition) is 4. The number of nitrogens with one attached hydrogen (secondary N) is 1. The monoisotopic (exact) mass is 407 g/mol. The molecule has 0 bridgehead atoms. The number of fused-ring (bicyclic) bond motifs is 1. The zero-order valence-corrected chi connectivity index (χ0v) is 16.1. The molecule has 0 aromatic heterocycles. The number of nitrogens with zero attached hydrogens (tertiary/aromatic N) is 1. The minimum absolute atomic E-state index is 0.242. The summed E-state index contributed by atoms with van der Waals surface area (Å²) in [5, 5.41) is 11.9. The lowest BCUT2D eigenvalue weighted by Gasteiger charge is -2.40. The number of carbonyl (C=O) groups is 2. The first kappa shape index (κ1) is 19.5. The molecule has 2 aromatic carbocycles. The lowest BCUT2D eigenvalue weighted by atomic mass is 9.81. The summed E-state index contributed by atoms with van der Waals surface area (Å²) in [4.78, 5) is 23.6. The summed E-state index contributed by atoms with van der Waals surface area (Å²) >= 11 is 12.6. The second kappa shape index (κ2) is 7.76. The maximum absolute atomic E-state index is 11.9. The molecule has 0 unspecified atom stereocenters. The molecule has 2 aromatic rings. The van der Waals surface area contributed by atoms with Gasteiger partial charge in [-0.1, -0.05) is 47.5 Å². The molecule has 6 nitrogen and oxygen atoms in total. The van der Waals surface area contributed by atoms with E-state index in [4.69, 9.17) is 28.9 Å².